The number of methoxy groups -OCH3 is 2. The molecule has 0 bridgehead atoms. The Morgan fingerprint density at radius 3 is 1.27 bits per heavy atom. The zero-order valence-electron chi connectivity index (χ0n) is 12.8. The van der Waals surface area contributed by atoms with Crippen molar-refractivity contribution in [1.29, 1.82) is 0 Å². The van der Waals surface area contributed by atoms with Gasteiger partial charge >= 0.3 is 0 Å². The molecule has 0 amide bonds. The number of ether oxygens (including phenoxy) is 2. The van der Waals surface area contributed by atoms with E-state index in [0.717, 1.165) is 35.5 Å². The first-order valence-corrected chi connectivity index (χ1v) is 8.07. The van der Waals surface area contributed by atoms with Gasteiger partial charge in [-0.3, -0.25) is 0 Å². The fourth-order valence-corrected chi connectivity index (χ4v) is 2.79. The second kappa shape index (κ2) is 8.30. The van der Waals surface area contributed by atoms with Gasteiger partial charge in [0.05, 0.1) is 25.0 Å². The Labute approximate surface area is 142 Å². The van der Waals surface area contributed by atoms with Crippen molar-refractivity contribution in [3.63, 3.8) is 0 Å². The average molecular weight is 339 g/mol. The van der Waals surface area contributed by atoms with Crippen LogP contribution in [0.5, 0.6) is 11.5 Å². The SMILES string of the molecule is COc1ccc([C@@H](Cl)CC[C@H](Cl)c2ccc(OC)cc2)cc1. The summed E-state index contributed by atoms with van der Waals surface area (Å²) < 4.78 is 10.3. The molecule has 2 rings (SSSR count). The first-order valence-electron chi connectivity index (χ1n) is 7.20. The van der Waals surface area contributed by atoms with Crippen LogP contribution < -0.4 is 9.47 Å². The van der Waals surface area contributed by atoms with Gasteiger partial charge in [0.15, 0.2) is 0 Å². The maximum atomic E-state index is 6.46. The van der Waals surface area contributed by atoms with Crippen molar-refractivity contribution in [2.45, 2.75) is 23.6 Å². The molecule has 0 aromatic heterocycles. The van der Waals surface area contributed by atoms with Crippen molar-refractivity contribution in [3.05, 3.63) is 59.7 Å². The maximum absolute atomic E-state index is 6.46. The van der Waals surface area contributed by atoms with E-state index in [4.69, 9.17) is 32.7 Å². The molecule has 2 nitrogen and oxygen atoms in total. The van der Waals surface area contributed by atoms with Crippen LogP contribution in [-0.4, -0.2) is 14.2 Å². The van der Waals surface area contributed by atoms with Crippen molar-refractivity contribution in [2.24, 2.45) is 0 Å². The van der Waals surface area contributed by atoms with Gasteiger partial charge in [0.1, 0.15) is 11.5 Å². The van der Waals surface area contributed by atoms with E-state index >= 15 is 0 Å². The molecule has 0 fully saturated rings. The van der Waals surface area contributed by atoms with Crippen LogP contribution in [0.2, 0.25) is 0 Å². The lowest BCUT2D eigenvalue weighted by Crippen LogP contribution is -1.96. The van der Waals surface area contributed by atoms with Crippen LogP contribution in [0.25, 0.3) is 0 Å². The molecule has 2 atom stereocenters. The molecule has 0 aliphatic rings. The van der Waals surface area contributed by atoms with E-state index in [1.807, 2.05) is 48.5 Å². The topological polar surface area (TPSA) is 18.5 Å². The predicted molar refractivity (Wildman–Crippen MR) is 92.4 cm³/mol. The highest BCUT2D eigenvalue weighted by atomic mass is 35.5. The second-order valence-corrected chi connectivity index (χ2v) is 6.11. The highest BCUT2D eigenvalue weighted by Crippen LogP contribution is 2.33. The third-order valence-corrected chi connectivity index (χ3v) is 4.57. The first-order chi connectivity index (χ1) is 10.6. The van der Waals surface area contributed by atoms with Crippen LogP contribution in [0.4, 0.5) is 0 Å². The van der Waals surface area contributed by atoms with Crippen LogP contribution in [0.1, 0.15) is 34.7 Å². The van der Waals surface area contributed by atoms with E-state index < -0.39 is 0 Å². The molecule has 0 aliphatic carbocycles. The van der Waals surface area contributed by atoms with Crippen molar-refractivity contribution in [1.82, 2.24) is 0 Å². The van der Waals surface area contributed by atoms with Gasteiger partial charge in [-0.1, -0.05) is 24.3 Å². The molecule has 118 valence electrons. The summed E-state index contributed by atoms with van der Waals surface area (Å²) in [5, 5.41) is -0.101. The van der Waals surface area contributed by atoms with Gasteiger partial charge in [-0.05, 0) is 48.2 Å². The van der Waals surface area contributed by atoms with Gasteiger partial charge in [0, 0.05) is 0 Å². The lowest BCUT2D eigenvalue weighted by Gasteiger charge is -2.14. The van der Waals surface area contributed by atoms with Gasteiger partial charge in [-0.2, -0.15) is 0 Å². The summed E-state index contributed by atoms with van der Waals surface area (Å²) >= 11 is 12.9. The molecule has 0 N–H and O–H groups in total. The molecular formula is C18H20Cl2O2. The lowest BCUT2D eigenvalue weighted by molar-refractivity contribution is 0.414. The normalized spacial score (nSPS) is 13.5. The molecule has 22 heavy (non-hydrogen) atoms. The zero-order chi connectivity index (χ0) is 15.9. The van der Waals surface area contributed by atoms with Gasteiger partial charge < -0.3 is 9.47 Å². The second-order valence-electron chi connectivity index (χ2n) is 5.06. The molecule has 4 heteroatoms. The summed E-state index contributed by atoms with van der Waals surface area (Å²) in [6, 6.07) is 15.7. The fraction of sp³-hybridized carbons (Fsp3) is 0.333. The minimum Gasteiger partial charge on any atom is -0.497 e. The highest BCUT2D eigenvalue weighted by Gasteiger charge is 2.13. The molecule has 0 saturated heterocycles. The minimum atomic E-state index is -0.0506. The van der Waals surface area contributed by atoms with Gasteiger partial charge in [0.25, 0.3) is 0 Å². The van der Waals surface area contributed by atoms with Crippen LogP contribution in [0, 0.1) is 0 Å². The van der Waals surface area contributed by atoms with Crippen LogP contribution >= 0.6 is 23.2 Å². The standard InChI is InChI=1S/C18H20Cl2O2/c1-21-15-7-3-13(4-8-15)17(19)11-12-18(20)14-5-9-16(22-2)10-6-14/h3-10,17-18H,11-12H2,1-2H3/t17-,18-/m0/s1. The molecule has 0 saturated carbocycles. The molecule has 0 radical (unpaired) electrons. The van der Waals surface area contributed by atoms with E-state index in [1.165, 1.54) is 0 Å². The van der Waals surface area contributed by atoms with Gasteiger partial charge in [-0.25, -0.2) is 0 Å². The maximum Gasteiger partial charge on any atom is 0.118 e. The highest BCUT2D eigenvalue weighted by molar-refractivity contribution is 6.21. The van der Waals surface area contributed by atoms with Crippen molar-refractivity contribution in [2.75, 3.05) is 14.2 Å². The molecule has 2 aromatic carbocycles. The fourth-order valence-electron chi connectivity index (χ4n) is 2.25. The summed E-state index contributed by atoms with van der Waals surface area (Å²) in [5.41, 5.74) is 2.17. The van der Waals surface area contributed by atoms with E-state index in [1.54, 1.807) is 14.2 Å². The Kier molecular flexibility index (Phi) is 6.41. The Balaban J connectivity index is 1.89. The Hall–Kier alpha value is -1.38. The summed E-state index contributed by atoms with van der Waals surface area (Å²) in [4.78, 5) is 0. The smallest absolute Gasteiger partial charge is 0.118 e. The summed E-state index contributed by atoms with van der Waals surface area (Å²) in [5.74, 6) is 1.67. The van der Waals surface area contributed by atoms with Gasteiger partial charge in [0.2, 0.25) is 0 Å². The molecule has 0 aliphatic heterocycles. The largest absolute Gasteiger partial charge is 0.497 e. The minimum absolute atomic E-state index is 0.0506. The zero-order valence-corrected chi connectivity index (χ0v) is 14.3. The van der Waals surface area contributed by atoms with E-state index in [9.17, 15) is 0 Å². The number of halogens is 2. The average Bonchev–Trinajstić information content (AvgIpc) is 2.59. The van der Waals surface area contributed by atoms with Crippen molar-refractivity contribution >= 4 is 23.2 Å². The van der Waals surface area contributed by atoms with Gasteiger partial charge in [-0.15, -0.1) is 23.2 Å². The van der Waals surface area contributed by atoms with E-state index in [2.05, 4.69) is 0 Å². The Morgan fingerprint density at radius 1 is 0.682 bits per heavy atom. The van der Waals surface area contributed by atoms with E-state index in [0.29, 0.717) is 0 Å². The molecule has 2 aromatic rings. The molecular weight excluding hydrogens is 319 g/mol. The molecule has 0 heterocycles. The number of hydrogen-bond donors (Lipinski definition) is 0. The third kappa shape index (κ3) is 4.56. The number of hydrogen-bond acceptors (Lipinski definition) is 2. The number of rotatable bonds is 7. The monoisotopic (exact) mass is 338 g/mol. The number of alkyl halides is 2. The van der Waals surface area contributed by atoms with Crippen LogP contribution in [0.15, 0.2) is 48.5 Å². The number of benzene rings is 2. The molecule has 0 spiro atoms. The Morgan fingerprint density at radius 2 is 1.00 bits per heavy atom. The first kappa shape index (κ1) is 17.0. The lowest BCUT2D eigenvalue weighted by atomic mass is 10.0. The van der Waals surface area contributed by atoms with Crippen molar-refractivity contribution < 1.29 is 9.47 Å². The summed E-state index contributed by atoms with van der Waals surface area (Å²) in [6.07, 6.45) is 1.63. The third-order valence-electron chi connectivity index (χ3n) is 3.63. The quantitative estimate of drug-likeness (QED) is 0.599. The summed E-state index contributed by atoms with van der Waals surface area (Å²) in [7, 11) is 3.31. The van der Waals surface area contributed by atoms with Crippen LogP contribution in [-0.2, 0) is 0 Å². The van der Waals surface area contributed by atoms with E-state index in [-0.39, 0.29) is 10.8 Å². The predicted octanol–water partition coefficient (Wildman–Crippen LogP) is 5.74. The van der Waals surface area contributed by atoms with Crippen molar-refractivity contribution in [3.8, 4) is 11.5 Å². The Bertz CT molecular complexity index is 513. The van der Waals surface area contributed by atoms with Crippen LogP contribution in [0.3, 0.4) is 0 Å². The summed E-state index contributed by atoms with van der Waals surface area (Å²) in [6.45, 7) is 0. The molecule has 0 unspecified atom stereocenters.